The van der Waals surface area contributed by atoms with Crippen LogP contribution in [0.4, 0.5) is 13.2 Å². The summed E-state index contributed by atoms with van der Waals surface area (Å²) in [5, 5.41) is 8.43. The Morgan fingerprint density at radius 1 is 1.10 bits per heavy atom. The standard InChI is InChI=1S/C29H31F3N6O/c1-35-18-33-34-26(35)25(20-5-2-6-20)21-7-3-8-22(12-21)37-15-24-23(29(30,31)32)11-19(14-38(24)27(37)39)13-36-16-28(17-36)9-4-10-28/h3,7-8,11-12,14-15,18,20,25H,2,4-6,9-10,13,16-17H2,1H3/t25-/m1/s1. The van der Waals surface area contributed by atoms with Crippen LogP contribution in [0.5, 0.6) is 0 Å². The molecule has 1 spiro atoms. The molecule has 3 fully saturated rings. The predicted molar refractivity (Wildman–Crippen MR) is 140 cm³/mol. The van der Waals surface area contributed by atoms with E-state index in [1.54, 1.807) is 18.6 Å². The second-order valence-corrected chi connectivity index (χ2v) is 11.9. The number of aryl methyl sites for hydroxylation is 1. The molecule has 0 unspecified atom stereocenters. The van der Waals surface area contributed by atoms with Gasteiger partial charge in [0.05, 0.1) is 16.8 Å². The van der Waals surface area contributed by atoms with Gasteiger partial charge >= 0.3 is 11.9 Å². The topological polar surface area (TPSA) is 60.4 Å². The number of alkyl halides is 3. The first-order chi connectivity index (χ1) is 18.7. The number of aromatic nitrogens is 5. The molecule has 1 saturated heterocycles. The van der Waals surface area contributed by atoms with Crippen LogP contribution in [0.2, 0.25) is 0 Å². The maximum absolute atomic E-state index is 14.2. The summed E-state index contributed by atoms with van der Waals surface area (Å²) < 4.78 is 47.0. The molecule has 7 nitrogen and oxygen atoms in total. The van der Waals surface area contributed by atoms with E-state index >= 15 is 0 Å². The summed E-state index contributed by atoms with van der Waals surface area (Å²) in [6.07, 6.45) is 6.96. The van der Waals surface area contributed by atoms with Gasteiger partial charge in [0, 0.05) is 45.0 Å². The van der Waals surface area contributed by atoms with Crippen LogP contribution in [0.3, 0.4) is 0 Å². The fourth-order valence-corrected chi connectivity index (χ4v) is 6.86. The molecule has 10 heteroatoms. The first kappa shape index (κ1) is 24.6. The Morgan fingerprint density at radius 2 is 1.90 bits per heavy atom. The highest BCUT2D eigenvalue weighted by atomic mass is 19.4. The molecule has 3 aliphatic rings. The lowest BCUT2D eigenvalue weighted by molar-refractivity contribution is -0.136. The lowest BCUT2D eigenvalue weighted by Gasteiger charge is -2.56. The van der Waals surface area contributed by atoms with E-state index in [1.807, 2.05) is 29.8 Å². The van der Waals surface area contributed by atoms with E-state index in [-0.39, 0.29) is 11.4 Å². The Kier molecular flexibility index (Phi) is 5.56. The van der Waals surface area contributed by atoms with Gasteiger partial charge in [-0.1, -0.05) is 25.0 Å². The van der Waals surface area contributed by atoms with Gasteiger partial charge in [0.2, 0.25) is 0 Å². The molecule has 204 valence electrons. The smallest absolute Gasteiger partial charge is 0.320 e. The van der Waals surface area contributed by atoms with E-state index in [1.165, 1.54) is 36.1 Å². The Labute approximate surface area is 223 Å². The summed E-state index contributed by atoms with van der Waals surface area (Å²) in [5.74, 6) is 1.27. The van der Waals surface area contributed by atoms with E-state index in [0.29, 0.717) is 29.1 Å². The maximum atomic E-state index is 14.2. The Bertz CT molecular complexity index is 1600. The molecule has 2 aliphatic carbocycles. The third-order valence-electron chi connectivity index (χ3n) is 9.22. The third kappa shape index (κ3) is 4.11. The van der Waals surface area contributed by atoms with Crippen LogP contribution < -0.4 is 5.69 Å². The van der Waals surface area contributed by atoms with Gasteiger partial charge in [-0.05, 0) is 66.3 Å². The average Bonchev–Trinajstić information content (AvgIpc) is 3.39. The second kappa shape index (κ2) is 8.81. The largest absolute Gasteiger partial charge is 0.418 e. The highest BCUT2D eigenvalue weighted by molar-refractivity contribution is 5.58. The van der Waals surface area contributed by atoms with Gasteiger partial charge in [0.25, 0.3) is 0 Å². The highest BCUT2D eigenvalue weighted by Gasteiger charge is 2.47. The van der Waals surface area contributed by atoms with Crippen molar-refractivity contribution in [1.29, 1.82) is 0 Å². The molecule has 1 aromatic carbocycles. The highest BCUT2D eigenvalue weighted by Crippen LogP contribution is 2.48. The molecule has 39 heavy (non-hydrogen) atoms. The number of fused-ring (bicyclic) bond motifs is 1. The number of benzene rings is 1. The van der Waals surface area contributed by atoms with Crippen LogP contribution >= 0.6 is 0 Å². The van der Waals surface area contributed by atoms with E-state index < -0.39 is 17.4 Å². The van der Waals surface area contributed by atoms with Crippen molar-refractivity contribution in [2.45, 2.75) is 57.2 Å². The minimum absolute atomic E-state index is 0.00626. The van der Waals surface area contributed by atoms with Gasteiger partial charge in [-0.2, -0.15) is 13.2 Å². The average molecular weight is 537 g/mol. The van der Waals surface area contributed by atoms with Crippen molar-refractivity contribution in [2.24, 2.45) is 18.4 Å². The molecular formula is C29H31F3N6O. The zero-order valence-electron chi connectivity index (χ0n) is 21.9. The molecule has 0 amide bonds. The SMILES string of the molecule is Cn1cnnc1[C@@H](c1cccc(-n2cc3c(C(F)(F)F)cc(CN4CC5(CCC5)C4)cn3c2=O)c1)C1CCC1. The maximum Gasteiger partial charge on any atom is 0.418 e. The molecule has 0 bridgehead atoms. The fourth-order valence-electron chi connectivity index (χ4n) is 6.86. The van der Waals surface area contributed by atoms with Gasteiger partial charge in [-0.25, -0.2) is 4.79 Å². The molecular weight excluding hydrogens is 505 g/mol. The lowest BCUT2D eigenvalue weighted by atomic mass is 9.63. The van der Waals surface area contributed by atoms with E-state index in [2.05, 4.69) is 15.1 Å². The molecule has 4 heterocycles. The minimum atomic E-state index is -4.58. The number of imidazole rings is 1. The number of rotatable bonds is 6. The molecule has 7 rings (SSSR count). The summed E-state index contributed by atoms with van der Waals surface area (Å²) in [6, 6.07) is 8.75. The van der Waals surface area contributed by atoms with Crippen LogP contribution in [-0.2, 0) is 19.8 Å². The predicted octanol–water partition coefficient (Wildman–Crippen LogP) is 5.16. The van der Waals surface area contributed by atoms with Crippen molar-refractivity contribution < 1.29 is 13.2 Å². The Hall–Kier alpha value is -3.40. The first-order valence-corrected chi connectivity index (χ1v) is 13.7. The molecule has 0 N–H and O–H groups in total. The van der Waals surface area contributed by atoms with E-state index in [9.17, 15) is 18.0 Å². The van der Waals surface area contributed by atoms with Crippen molar-refractivity contribution in [2.75, 3.05) is 13.1 Å². The fraction of sp³-hybridized carbons (Fsp3) is 0.483. The van der Waals surface area contributed by atoms with Crippen molar-refractivity contribution in [3.05, 3.63) is 82.1 Å². The number of nitrogens with zero attached hydrogens (tertiary/aromatic N) is 6. The number of likely N-dealkylation sites (tertiary alicyclic amines) is 1. The summed E-state index contributed by atoms with van der Waals surface area (Å²) >= 11 is 0. The lowest BCUT2D eigenvalue weighted by Crippen LogP contribution is -2.58. The zero-order valence-corrected chi connectivity index (χ0v) is 21.9. The molecule has 0 radical (unpaired) electrons. The second-order valence-electron chi connectivity index (χ2n) is 11.9. The number of hydrogen-bond acceptors (Lipinski definition) is 4. The van der Waals surface area contributed by atoms with Gasteiger partial charge < -0.3 is 4.57 Å². The van der Waals surface area contributed by atoms with Crippen LogP contribution in [0.15, 0.2) is 53.8 Å². The minimum Gasteiger partial charge on any atom is -0.320 e. The van der Waals surface area contributed by atoms with Crippen LogP contribution in [-0.4, -0.2) is 41.7 Å². The van der Waals surface area contributed by atoms with Crippen molar-refractivity contribution >= 4 is 5.52 Å². The molecule has 4 aromatic rings. The van der Waals surface area contributed by atoms with Gasteiger partial charge in [0.1, 0.15) is 12.2 Å². The summed E-state index contributed by atoms with van der Waals surface area (Å²) in [6.45, 7) is 2.25. The van der Waals surface area contributed by atoms with Crippen LogP contribution in [0, 0.1) is 11.3 Å². The van der Waals surface area contributed by atoms with Gasteiger partial charge in [-0.15, -0.1) is 10.2 Å². The first-order valence-electron chi connectivity index (χ1n) is 13.7. The zero-order chi connectivity index (χ0) is 26.9. The molecule has 3 aromatic heterocycles. The van der Waals surface area contributed by atoms with Crippen LogP contribution in [0.1, 0.15) is 67.0 Å². The van der Waals surface area contributed by atoms with Gasteiger partial charge in [0.15, 0.2) is 0 Å². The molecule has 1 aliphatic heterocycles. The summed E-state index contributed by atoms with van der Waals surface area (Å²) in [4.78, 5) is 15.8. The van der Waals surface area contributed by atoms with Crippen molar-refractivity contribution in [3.8, 4) is 5.69 Å². The summed E-state index contributed by atoms with van der Waals surface area (Å²) in [5.41, 5.74) is 0.982. The third-order valence-corrected chi connectivity index (χ3v) is 9.22. The molecule has 1 atom stereocenters. The van der Waals surface area contributed by atoms with Crippen molar-refractivity contribution in [3.63, 3.8) is 0 Å². The van der Waals surface area contributed by atoms with E-state index in [4.69, 9.17) is 0 Å². The van der Waals surface area contributed by atoms with Gasteiger partial charge in [-0.3, -0.25) is 13.9 Å². The Balaban J connectivity index is 1.28. The number of halogens is 3. The monoisotopic (exact) mass is 536 g/mol. The summed E-state index contributed by atoms with van der Waals surface area (Å²) in [7, 11) is 1.92. The normalized spacial score (nSPS) is 20.1. The van der Waals surface area contributed by atoms with E-state index in [0.717, 1.165) is 48.1 Å². The quantitative estimate of drug-likeness (QED) is 0.342. The number of hydrogen-bond donors (Lipinski definition) is 0. The Morgan fingerprint density at radius 3 is 2.51 bits per heavy atom. The number of pyridine rings is 1. The van der Waals surface area contributed by atoms with Crippen molar-refractivity contribution in [1.82, 2.24) is 28.6 Å². The molecule has 2 saturated carbocycles. The van der Waals surface area contributed by atoms with Crippen LogP contribution in [0.25, 0.3) is 11.2 Å².